The van der Waals surface area contributed by atoms with E-state index in [1.54, 1.807) is 0 Å². The van der Waals surface area contributed by atoms with Gasteiger partial charge >= 0.3 is 0 Å². The predicted octanol–water partition coefficient (Wildman–Crippen LogP) is 1.33. The predicted molar refractivity (Wildman–Crippen MR) is 53.4 cm³/mol. The maximum absolute atomic E-state index is 3.50. The average Bonchev–Trinajstić information content (AvgIpc) is 2.30. The van der Waals surface area contributed by atoms with Crippen LogP contribution >= 0.6 is 0 Å². The summed E-state index contributed by atoms with van der Waals surface area (Å²) in [6, 6.07) is 0. The van der Waals surface area contributed by atoms with E-state index in [2.05, 4.69) is 24.1 Å². The van der Waals surface area contributed by atoms with Crippen LogP contribution in [0.25, 0.3) is 0 Å². The molecule has 1 rings (SSSR count). The van der Waals surface area contributed by atoms with Crippen molar-refractivity contribution >= 4 is 0 Å². The lowest BCUT2D eigenvalue weighted by atomic mass is 10.0. The van der Waals surface area contributed by atoms with Crippen molar-refractivity contribution in [3.63, 3.8) is 0 Å². The first kappa shape index (κ1) is 10.0. The zero-order chi connectivity index (χ0) is 8.81. The van der Waals surface area contributed by atoms with Crippen molar-refractivity contribution in [3.8, 4) is 0 Å². The second-order valence-corrected chi connectivity index (χ2v) is 3.75. The Morgan fingerprint density at radius 1 is 1.42 bits per heavy atom. The molecular weight excluding hydrogens is 148 g/mol. The van der Waals surface area contributed by atoms with Crippen molar-refractivity contribution in [2.24, 2.45) is 5.92 Å². The van der Waals surface area contributed by atoms with Gasteiger partial charge in [0.1, 0.15) is 0 Å². The normalized spacial score (nSPS) is 27.0. The summed E-state index contributed by atoms with van der Waals surface area (Å²) in [5.74, 6) is 0.887. The molecular formula is C10H22N2. The summed E-state index contributed by atoms with van der Waals surface area (Å²) in [7, 11) is 0. The molecule has 1 saturated heterocycles. The van der Waals surface area contributed by atoms with Gasteiger partial charge in [0.15, 0.2) is 0 Å². The third kappa shape index (κ3) is 3.11. The average molecular weight is 170 g/mol. The zero-order valence-corrected chi connectivity index (χ0v) is 8.47. The van der Waals surface area contributed by atoms with E-state index in [1.807, 2.05) is 0 Å². The number of rotatable bonds is 3. The monoisotopic (exact) mass is 170 g/mol. The minimum atomic E-state index is 0.887. The van der Waals surface area contributed by atoms with Gasteiger partial charge < -0.3 is 10.2 Å². The van der Waals surface area contributed by atoms with Crippen molar-refractivity contribution in [1.82, 2.24) is 10.2 Å². The molecule has 1 aliphatic heterocycles. The molecule has 0 amide bonds. The molecule has 1 fully saturated rings. The van der Waals surface area contributed by atoms with Gasteiger partial charge in [0, 0.05) is 19.6 Å². The van der Waals surface area contributed by atoms with Crippen molar-refractivity contribution in [1.29, 1.82) is 0 Å². The van der Waals surface area contributed by atoms with Crippen molar-refractivity contribution in [2.45, 2.75) is 26.7 Å². The molecule has 1 aliphatic rings. The van der Waals surface area contributed by atoms with E-state index in [9.17, 15) is 0 Å². The summed E-state index contributed by atoms with van der Waals surface area (Å²) in [6.07, 6.45) is 2.70. The molecule has 1 atom stereocenters. The summed E-state index contributed by atoms with van der Waals surface area (Å²) in [6.45, 7) is 10.7. The van der Waals surface area contributed by atoms with E-state index in [4.69, 9.17) is 0 Å². The van der Waals surface area contributed by atoms with Crippen LogP contribution in [-0.4, -0.2) is 37.6 Å². The fourth-order valence-electron chi connectivity index (χ4n) is 1.95. The molecule has 0 saturated carbocycles. The molecule has 12 heavy (non-hydrogen) atoms. The first-order chi connectivity index (χ1) is 5.86. The van der Waals surface area contributed by atoms with E-state index in [-0.39, 0.29) is 0 Å². The standard InChI is InChI=1S/C10H22N2/c1-3-5-10-8-11-6-7-12(4-2)9-10/h10-11H,3-9H2,1-2H3. The number of hydrogen-bond acceptors (Lipinski definition) is 2. The molecule has 0 aromatic carbocycles. The first-order valence-electron chi connectivity index (χ1n) is 5.29. The lowest BCUT2D eigenvalue weighted by molar-refractivity contribution is 0.263. The van der Waals surface area contributed by atoms with Gasteiger partial charge in [-0.05, 0) is 25.4 Å². The van der Waals surface area contributed by atoms with E-state index >= 15 is 0 Å². The lowest BCUT2D eigenvalue weighted by Gasteiger charge is -2.21. The largest absolute Gasteiger partial charge is 0.315 e. The molecule has 0 bridgehead atoms. The van der Waals surface area contributed by atoms with Gasteiger partial charge in [0.05, 0.1) is 0 Å². The van der Waals surface area contributed by atoms with Crippen LogP contribution in [0.3, 0.4) is 0 Å². The summed E-state index contributed by atoms with van der Waals surface area (Å²) in [5.41, 5.74) is 0. The van der Waals surface area contributed by atoms with Gasteiger partial charge in [-0.2, -0.15) is 0 Å². The molecule has 1 N–H and O–H groups in total. The summed E-state index contributed by atoms with van der Waals surface area (Å²) in [5, 5.41) is 3.50. The van der Waals surface area contributed by atoms with Crippen LogP contribution in [0.4, 0.5) is 0 Å². The van der Waals surface area contributed by atoms with Gasteiger partial charge in [-0.25, -0.2) is 0 Å². The molecule has 0 aromatic heterocycles. The zero-order valence-electron chi connectivity index (χ0n) is 8.47. The van der Waals surface area contributed by atoms with Gasteiger partial charge in [-0.1, -0.05) is 20.3 Å². The molecule has 0 aromatic rings. The maximum Gasteiger partial charge on any atom is 0.0107 e. The highest BCUT2D eigenvalue weighted by Crippen LogP contribution is 2.09. The van der Waals surface area contributed by atoms with Gasteiger partial charge in [-0.3, -0.25) is 0 Å². The first-order valence-corrected chi connectivity index (χ1v) is 5.29. The molecule has 0 radical (unpaired) electrons. The number of hydrogen-bond donors (Lipinski definition) is 1. The molecule has 0 spiro atoms. The fourth-order valence-corrected chi connectivity index (χ4v) is 1.95. The van der Waals surface area contributed by atoms with Crippen LogP contribution in [0.1, 0.15) is 26.7 Å². The molecule has 1 unspecified atom stereocenters. The second-order valence-electron chi connectivity index (χ2n) is 3.75. The minimum Gasteiger partial charge on any atom is -0.315 e. The highest BCUT2D eigenvalue weighted by atomic mass is 15.1. The molecule has 2 heteroatoms. The Labute approximate surface area is 76.3 Å². The van der Waals surface area contributed by atoms with Crippen LogP contribution in [0.15, 0.2) is 0 Å². The van der Waals surface area contributed by atoms with Gasteiger partial charge in [0.2, 0.25) is 0 Å². The van der Waals surface area contributed by atoms with Crippen LogP contribution in [-0.2, 0) is 0 Å². The molecule has 1 heterocycles. The Balaban J connectivity index is 2.31. The third-order valence-electron chi connectivity index (χ3n) is 2.70. The van der Waals surface area contributed by atoms with E-state index in [0.717, 1.165) is 5.92 Å². The smallest absolute Gasteiger partial charge is 0.0107 e. The Bertz CT molecular complexity index is 114. The molecule has 2 nitrogen and oxygen atoms in total. The van der Waals surface area contributed by atoms with Crippen LogP contribution in [0, 0.1) is 5.92 Å². The second kappa shape index (κ2) is 5.55. The van der Waals surface area contributed by atoms with Crippen LogP contribution in [0.5, 0.6) is 0 Å². The molecule has 72 valence electrons. The van der Waals surface area contributed by atoms with Crippen molar-refractivity contribution in [2.75, 3.05) is 32.7 Å². The highest BCUT2D eigenvalue weighted by molar-refractivity contribution is 4.72. The van der Waals surface area contributed by atoms with E-state index < -0.39 is 0 Å². The highest BCUT2D eigenvalue weighted by Gasteiger charge is 2.15. The summed E-state index contributed by atoms with van der Waals surface area (Å²) < 4.78 is 0. The summed E-state index contributed by atoms with van der Waals surface area (Å²) in [4.78, 5) is 2.56. The number of nitrogens with zero attached hydrogens (tertiary/aromatic N) is 1. The Kier molecular flexibility index (Phi) is 4.62. The van der Waals surface area contributed by atoms with Crippen molar-refractivity contribution in [3.05, 3.63) is 0 Å². The SMILES string of the molecule is CCCC1CNCCN(CC)C1. The van der Waals surface area contributed by atoms with Gasteiger partial charge in [-0.15, -0.1) is 0 Å². The quantitative estimate of drug-likeness (QED) is 0.687. The van der Waals surface area contributed by atoms with E-state index in [0.29, 0.717) is 0 Å². The number of nitrogens with one attached hydrogen (secondary N) is 1. The minimum absolute atomic E-state index is 0.887. The third-order valence-corrected chi connectivity index (χ3v) is 2.70. The fraction of sp³-hybridized carbons (Fsp3) is 1.00. The Hall–Kier alpha value is -0.0800. The topological polar surface area (TPSA) is 15.3 Å². The maximum atomic E-state index is 3.50. The number of likely N-dealkylation sites (N-methyl/N-ethyl adjacent to an activating group) is 1. The van der Waals surface area contributed by atoms with Crippen molar-refractivity contribution < 1.29 is 0 Å². The lowest BCUT2D eigenvalue weighted by Crippen LogP contribution is -2.29. The van der Waals surface area contributed by atoms with Gasteiger partial charge in [0.25, 0.3) is 0 Å². The van der Waals surface area contributed by atoms with Crippen LogP contribution < -0.4 is 5.32 Å². The summed E-state index contributed by atoms with van der Waals surface area (Å²) >= 11 is 0. The molecule has 0 aliphatic carbocycles. The Morgan fingerprint density at radius 3 is 2.92 bits per heavy atom. The van der Waals surface area contributed by atoms with E-state index in [1.165, 1.54) is 45.6 Å². The Morgan fingerprint density at radius 2 is 2.25 bits per heavy atom. The van der Waals surface area contributed by atoms with Crippen LogP contribution in [0.2, 0.25) is 0 Å².